The van der Waals surface area contributed by atoms with Gasteiger partial charge in [-0.25, -0.2) is 8.42 Å². The Kier molecular flexibility index (Phi) is 6.29. The van der Waals surface area contributed by atoms with Gasteiger partial charge in [0, 0.05) is 23.8 Å². The molecule has 2 heterocycles. The maximum Gasteiger partial charge on any atom is 0.303 e. The Balaban J connectivity index is 1.83. The third-order valence-corrected chi connectivity index (χ3v) is 7.70. The average molecular weight is 427 g/mol. The maximum absolute atomic E-state index is 12.2. The number of anilines is 1. The van der Waals surface area contributed by atoms with E-state index in [-0.39, 0.29) is 42.1 Å². The van der Waals surface area contributed by atoms with Crippen molar-refractivity contribution in [2.45, 2.75) is 37.5 Å². The number of fused-ring (bicyclic) bond motifs is 1. The van der Waals surface area contributed by atoms with Gasteiger partial charge in [-0.05, 0) is 37.6 Å². The Labute approximate surface area is 167 Å². The molecule has 1 aromatic carbocycles. The lowest BCUT2D eigenvalue weighted by Gasteiger charge is -2.24. The molecule has 28 heavy (non-hydrogen) atoms. The molecule has 2 aliphatic heterocycles. The van der Waals surface area contributed by atoms with Crippen molar-refractivity contribution in [1.82, 2.24) is 0 Å². The van der Waals surface area contributed by atoms with Gasteiger partial charge in [0.2, 0.25) is 5.91 Å². The van der Waals surface area contributed by atoms with Crippen molar-refractivity contribution < 1.29 is 27.9 Å². The van der Waals surface area contributed by atoms with Gasteiger partial charge >= 0.3 is 5.97 Å². The first-order valence-corrected chi connectivity index (χ1v) is 11.7. The second-order valence-corrected chi connectivity index (χ2v) is 9.99. The molecule has 1 amide bonds. The molecular weight excluding hydrogens is 404 g/mol. The maximum atomic E-state index is 12.2. The largest absolute Gasteiger partial charge is 0.494 e. The molecule has 0 saturated carbocycles. The Hall–Kier alpha value is -2.07. The van der Waals surface area contributed by atoms with Gasteiger partial charge in [0.25, 0.3) is 0 Å². The van der Waals surface area contributed by atoms with E-state index in [9.17, 15) is 18.0 Å². The van der Waals surface area contributed by atoms with Crippen LogP contribution in [0.2, 0.25) is 0 Å². The zero-order valence-electron chi connectivity index (χ0n) is 15.4. The molecule has 2 fully saturated rings. The molecule has 0 spiro atoms. The van der Waals surface area contributed by atoms with Crippen molar-refractivity contribution in [3.05, 3.63) is 24.3 Å². The summed E-state index contributed by atoms with van der Waals surface area (Å²) < 4.78 is 29.6. The Morgan fingerprint density at radius 3 is 2.61 bits per heavy atom. The van der Waals surface area contributed by atoms with Crippen LogP contribution in [0.15, 0.2) is 29.3 Å². The lowest BCUT2D eigenvalue weighted by Crippen LogP contribution is -2.37. The standard InChI is InChI=1S/C18H22N2O6S2/c1-2-26-13-8-6-12(7-9-13)20-14-10-28(24,25)11-15(14)27-18(20)19-16(21)4-3-5-17(22)23/h6-9,14-15H,2-5,10-11H2,1H3,(H,22,23)/t14-,15+/m0/s1. The molecule has 0 unspecified atom stereocenters. The summed E-state index contributed by atoms with van der Waals surface area (Å²) in [5.74, 6) is -0.572. The lowest BCUT2D eigenvalue weighted by molar-refractivity contribution is -0.137. The van der Waals surface area contributed by atoms with E-state index in [2.05, 4.69) is 4.99 Å². The van der Waals surface area contributed by atoms with Gasteiger partial charge in [-0.1, -0.05) is 11.8 Å². The van der Waals surface area contributed by atoms with E-state index in [1.54, 1.807) is 12.1 Å². The SMILES string of the molecule is CCOc1ccc(N2C(=NC(=O)CCCC(=O)O)S[C@@H]3CS(=O)(=O)C[C@@H]32)cc1. The molecule has 1 N–H and O–H groups in total. The van der Waals surface area contributed by atoms with Gasteiger partial charge < -0.3 is 14.7 Å². The fraction of sp³-hybridized carbons (Fsp3) is 0.500. The number of benzene rings is 1. The van der Waals surface area contributed by atoms with Gasteiger partial charge in [0.1, 0.15) is 5.75 Å². The van der Waals surface area contributed by atoms with Gasteiger partial charge in [-0.2, -0.15) is 4.99 Å². The number of amidine groups is 1. The molecule has 3 rings (SSSR count). The van der Waals surface area contributed by atoms with Crippen molar-refractivity contribution in [3.63, 3.8) is 0 Å². The number of hydrogen-bond donors (Lipinski definition) is 1. The van der Waals surface area contributed by atoms with Gasteiger partial charge in [-0.3, -0.25) is 9.59 Å². The van der Waals surface area contributed by atoms with Crippen molar-refractivity contribution in [3.8, 4) is 5.75 Å². The lowest BCUT2D eigenvalue weighted by atomic mass is 10.2. The number of carbonyl (C=O) groups excluding carboxylic acids is 1. The number of carbonyl (C=O) groups is 2. The minimum atomic E-state index is -3.13. The Morgan fingerprint density at radius 2 is 1.96 bits per heavy atom. The van der Waals surface area contributed by atoms with Crippen molar-refractivity contribution >= 4 is 44.3 Å². The summed E-state index contributed by atoms with van der Waals surface area (Å²) in [6.07, 6.45) is 0.177. The summed E-state index contributed by atoms with van der Waals surface area (Å²) in [4.78, 5) is 28.8. The predicted octanol–water partition coefficient (Wildman–Crippen LogP) is 1.94. The molecule has 152 valence electrons. The molecule has 0 radical (unpaired) electrons. The van der Waals surface area contributed by atoms with Crippen LogP contribution in [-0.2, 0) is 19.4 Å². The van der Waals surface area contributed by atoms with E-state index >= 15 is 0 Å². The highest BCUT2D eigenvalue weighted by atomic mass is 32.2. The van der Waals surface area contributed by atoms with Gasteiger partial charge in [-0.15, -0.1) is 0 Å². The average Bonchev–Trinajstić information content (AvgIpc) is 3.06. The highest BCUT2D eigenvalue weighted by molar-refractivity contribution is 8.16. The van der Waals surface area contributed by atoms with E-state index in [1.807, 2.05) is 24.0 Å². The Bertz CT molecular complexity index is 882. The quantitative estimate of drug-likeness (QED) is 0.704. The van der Waals surface area contributed by atoms with Crippen molar-refractivity contribution in [1.29, 1.82) is 0 Å². The first kappa shape index (κ1) is 20.7. The number of ether oxygens (including phenoxy) is 1. The van der Waals surface area contributed by atoms with Crippen LogP contribution in [0.5, 0.6) is 5.75 Å². The molecule has 0 bridgehead atoms. The summed E-state index contributed by atoms with van der Waals surface area (Å²) in [5.41, 5.74) is 0.748. The smallest absolute Gasteiger partial charge is 0.303 e. The number of amides is 1. The van der Waals surface area contributed by atoms with Crippen LogP contribution in [0.25, 0.3) is 0 Å². The van der Waals surface area contributed by atoms with E-state index in [0.29, 0.717) is 17.5 Å². The first-order chi connectivity index (χ1) is 13.3. The monoisotopic (exact) mass is 426 g/mol. The van der Waals surface area contributed by atoms with E-state index < -0.39 is 21.7 Å². The fourth-order valence-electron chi connectivity index (χ4n) is 3.29. The van der Waals surface area contributed by atoms with Crippen molar-refractivity contribution in [2.75, 3.05) is 23.0 Å². The summed E-state index contributed by atoms with van der Waals surface area (Å²) in [5, 5.41) is 8.98. The third-order valence-electron chi connectivity index (χ3n) is 4.49. The van der Waals surface area contributed by atoms with Crippen LogP contribution < -0.4 is 9.64 Å². The summed E-state index contributed by atoms with van der Waals surface area (Å²) in [7, 11) is -3.13. The number of aliphatic imine (C=N–C) groups is 1. The molecular formula is C18H22N2O6S2. The van der Waals surface area contributed by atoms with Crippen LogP contribution in [0.1, 0.15) is 26.2 Å². The second kappa shape index (κ2) is 8.52. The topological polar surface area (TPSA) is 113 Å². The molecule has 2 aliphatic rings. The Morgan fingerprint density at radius 1 is 1.25 bits per heavy atom. The minimum absolute atomic E-state index is 0.0180. The number of rotatable bonds is 7. The highest BCUT2D eigenvalue weighted by Crippen LogP contribution is 2.41. The normalized spacial score (nSPS) is 24.3. The third kappa shape index (κ3) is 4.85. The number of carboxylic acid groups (broad SMARTS) is 1. The second-order valence-electron chi connectivity index (χ2n) is 6.63. The molecule has 1 aromatic rings. The molecule has 0 aliphatic carbocycles. The van der Waals surface area contributed by atoms with Crippen LogP contribution >= 0.6 is 11.8 Å². The number of carboxylic acids is 1. The van der Waals surface area contributed by atoms with E-state index in [4.69, 9.17) is 9.84 Å². The number of thioether (sulfide) groups is 1. The molecule has 2 atom stereocenters. The summed E-state index contributed by atoms with van der Waals surface area (Å²) in [6, 6.07) is 6.96. The van der Waals surface area contributed by atoms with Crippen LogP contribution in [0.4, 0.5) is 5.69 Å². The summed E-state index contributed by atoms with van der Waals surface area (Å²) in [6.45, 7) is 2.43. The molecule has 8 nitrogen and oxygen atoms in total. The number of hydrogen-bond acceptors (Lipinski definition) is 6. The molecule has 2 saturated heterocycles. The first-order valence-electron chi connectivity index (χ1n) is 9.01. The van der Waals surface area contributed by atoms with E-state index in [1.165, 1.54) is 11.8 Å². The van der Waals surface area contributed by atoms with Gasteiger partial charge in [0.05, 0.1) is 24.2 Å². The van der Waals surface area contributed by atoms with E-state index in [0.717, 1.165) is 5.69 Å². The zero-order valence-corrected chi connectivity index (χ0v) is 17.0. The summed E-state index contributed by atoms with van der Waals surface area (Å²) >= 11 is 1.30. The zero-order chi connectivity index (χ0) is 20.3. The highest BCUT2D eigenvalue weighted by Gasteiger charge is 2.49. The van der Waals surface area contributed by atoms with Crippen LogP contribution in [-0.4, -0.2) is 60.0 Å². The van der Waals surface area contributed by atoms with Crippen LogP contribution in [0, 0.1) is 0 Å². The number of aliphatic carboxylic acids is 1. The minimum Gasteiger partial charge on any atom is -0.494 e. The van der Waals surface area contributed by atoms with Crippen molar-refractivity contribution in [2.24, 2.45) is 4.99 Å². The number of nitrogens with zero attached hydrogens (tertiary/aromatic N) is 2. The molecule has 10 heteroatoms. The van der Waals surface area contributed by atoms with Gasteiger partial charge in [0.15, 0.2) is 15.0 Å². The molecule has 0 aromatic heterocycles. The predicted molar refractivity (Wildman–Crippen MR) is 108 cm³/mol. The van der Waals surface area contributed by atoms with Crippen LogP contribution in [0.3, 0.4) is 0 Å². The fourth-order valence-corrected chi connectivity index (χ4v) is 7.22. The number of sulfone groups is 1.